The van der Waals surface area contributed by atoms with Gasteiger partial charge in [0.1, 0.15) is 11.2 Å². The van der Waals surface area contributed by atoms with Crippen LogP contribution in [0.3, 0.4) is 0 Å². The number of nitrogens with one attached hydrogen (secondary N) is 1. The number of nitrogens with two attached hydrogens (primary N) is 2. The van der Waals surface area contributed by atoms with Gasteiger partial charge in [0.15, 0.2) is 9.84 Å². The molecule has 1 unspecified atom stereocenters. The predicted molar refractivity (Wildman–Crippen MR) is 134 cm³/mol. The van der Waals surface area contributed by atoms with Crippen molar-refractivity contribution >= 4 is 37.1 Å². The number of hydrogen-bond donors (Lipinski definition) is 3. The van der Waals surface area contributed by atoms with E-state index >= 15 is 0 Å². The number of rotatable bonds is 6. The molecule has 1 atom stereocenters. The van der Waals surface area contributed by atoms with E-state index in [-0.39, 0.29) is 16.5 Å². The van der Waals surface area contributed by atoms with Gasteiger partial charge in [0.2, 0.25) is 10.0 Å². The van der Waals surface area contributed by atoms with Crippen molar-refractivity contribution in [1.82, 2.24) is 0 Å². The summed E-state index contributed by atoms with van der Waals surface area (Å²) in [6.07, 6.45) is 1.89. The smallest absolute Gasteiger partial charge is 0.238 e. The number of anilines is 2. The second-order valence-electron chi connectivity index (χ2n) is 8.24. The van der Waals surface area contributed by atoms with E-state index in [9.17, 15) is 16.8 Å². The molecule has 5 N–H and O–H groups in total. The van der Waals surface area contributed by atoms with E-state index in [0.29, 0.717) is 40.9 Å². The second-order valence-corrected chi connectivity index (χ2v) is 12.0. The highest BCUT2D eigenvalue weighted by molar-refractivity contribution is 7.92. The average molecular weight is 499 g/mol. The van der Waals surface area contributed by atoms with Crippen LogP contribution in [-0.2, 0) is 19.9 Å². The minimum atomic E-state index is -3.92. The number of amidine groups is 1. The Labute approximate surface area is 199 Å². The Kier molecular flexibility index (Phi) is 6.48. The lowest BCUT2D eigenvalue weighted by Crippen LogP contribution is -2.41. The number of hydrogen-bond acceptors (Lipinski definition) is 6. The molecule has 0 spiro atoms. The second kappa shape index (κ2) is 9.21. The van der Waals surface area contributed by atoms with Crippen LogP contribution in [0.5, 0.6) is 0 Å². The third kappa shape index (κ3) is 4.84. The van der Waals surface area contributed by atoms with Gasteiger partial charge in [-0.25, -0.2) is 22.0 Å². The molecular weight excluding hydrogens is 472 g/mol. The summed E-state index contributed by atoms with van der Waals surface area (Å²) in [6, 6.07) is 20.4. The first-order chi connectivity index (χ1) is 16.1. The molecule has 10 heteroatoms. The van der Waals surface area contributed by atoms with E-state index in [1.165, 1.54) is 6.07 Å². The monoisotopic (exact) mass is 498 g/mol. The Bertz CT molecular complexity index is 1440. The maximum atomic E-state index is 13.0. The van der Waals surface area contributed by atoms with E-state index < -0.39 is 25.2 Å². The first-order valence-corrected chi connectivity index (χ1v) is 14.0. The van der Waals surface area contributed by atoms with Gasteiger partial charge >= 0.3 is 0 Å². The molecule has 1 aliphatic heterocycles. The molecule has 1 saturated heterocycles. The van der Waals surface area contributed by atoms with Crippen LogP contribution < -0.4 is 15.8 Å². The van der Waals surface area contributed by atoms with Crippen LogP contribution in [0, 0.1) is 5.41 Å². The molecule has 34 heavy (non-hydrogen) atoms. The van der Waals surface area contributed by atoms with E-state index in [1.54, 1.807) is 71.6 Å². The highest BCUT2D eigenvalue weighted by Gasteiger charge is 2.35. The Morgan fingerprint density at radius 3 is 2.29 bits per heavy atom. The number of sulfone groups is 1. The molecular formula is C24H26N4O4S2. The van der Waals surface area contributed by atoms with Crippen LogP contribution in [0.15, 0.2) is 77.7 Å². The summed E-state index contributed by atoms with van der Waals surface area (Å²) < 4.78 is 50.1. The molecule has 178 valence electrons. The van der Waals surface area contributed by atoms with Gasteiger partial charge in [-0.2, -0.15) is 0 Å². The van der Waals surface area contributed by atoms with Crippen molar-refractivity contribution in [3.63, 3.8) is 0 Å². The van der Waals surface area contributed by atoms with Crippen LogP contribution >= 0.6 is 0 Å². The predicted octanol–water partition coefficient (Wildman–Crippen LogP) is 3.35. The van der Waals surface area contributed by atoms with E-state index in [4.69, 9.17) is 16.3 Å². The van der Waals surface area contributed by atoms with Crippen LogP contribution in [0.1, 0.15) is 24.8 Å². The quantitative estimate of drug-likeness (QED) is 0.351. The van der Waals surface area contributed by atoms with E-state index in [1.807, 2.05) is 0 Å². The minimum absolute atomic E-state index is 0.0172. The zero-order valence-electron chi connectivity index (χ0n) is 18.4. The van der Waals surface area contributed by atoms with Gasteiger partial charge in [0.25, 0.3) is 0 Å². The minimum Gasteiger partial charge on any atom is -0.384 e. The first-order valence-electron chi connectivity index (χ1n) is 10.8. The average Bonchev–Trinajstić information content (AvgIpc) is 2.80. The molecule has 0 aromatic heterocycles. The molecule has 0 aliphatic carbocycles. The fourth-order valence-corrected chi connectivity index (χ4v) is 7.02. The lowest BCUT2D eigenvalue weighted by molar-refractivity contribution is 0.540. The van der Waals surface area contributed by atoms with Crippen LogP contribution in [0.25, 0.3) is 11.1 Å². The van der Waals surface area contributed by atoms with Gasteiger partial charge in [-0.05, 0) is 55.2 Å². The molecule has 0 saturated carbocycles. The summed E-state index contributed by atoms with van der Waals surface area (Å²) in [6.45, 7) is 0. The summed E-state index contributed by atoms with van der Waals surface area (Å²) in [4.78, 5) is 1.78. The number of nitrogen functional groups attached to an aromatic ring is 1. The molecule has 1 fully saturated rings. The fraction of sp³-hybridized carbons (Fsp3) is 0.208. The number of sulfonamides is 1. The SMILES string of the molecule is N=C(N)c1cccc(N(c2ccc(-c3ccccc3S(N)(=O)=O)cc2)C2CCCCS2(=O)=O)c1. The molecule has 1 aliphatic rings. The molecule has 0 amide bonds. The first kappa shape index (κ1) is 23.9. The molecule has 0 bridgehead atoms. The number of nitrogens with zero attached hydrogens (tertiary/aromatic N) is 1. The number of benzene rings is 3. The van der Waals surface area contributed by atoms with E-state index in [0.717, 1.165) is 6.42 Å². The van der Waals surface area contributed by atoms with Gasteiger partial charge in [-0.1, -0.05) is 42.5 Å². The van der Waals surface area contributed by atoms with Crippen molar-refractivity contribution in [2.45, 2.75) is 29.5 Å². The topological polar surface area (TPSA) is 147 Å². The van der Waals surface area contributed by atoms with Crippen molar-refractivity contribution in [2.75, 3.05) is 10.7 Å². The van der Waals surface area contributed by atoms with Crippen LogP contribution in [0.4, 0.5) is 11.4 Å². The van der Waals surface area contributed by atoms with E-state index in [2.05, 4.69) is 0 Å². The Balaban J connectivity index is 1.82. The highest BCUT2D eigenvalue weighted by atomic mass is 32.2. The number of primary sulfonamides is 1. The summed E-state index contributed by atoms with van der Waals surface area (Å²) in [5, 5.41) is 12.4. The Morgan fingerprint density at radius 1 is 0.941 bits per heavy atom. The van der Waals surface area contributed by atoms with Gasteiger partial charge in [-0.15, -0.1) is 0 Å². The van der Waals surface area contributed by atoms with Gasteiger partial charge in [-0.3, -0.25) is 5.41 Å². The third-order valence-electron chi connectivity index (χ3n) is 5.92. The standard InChI is InChI=1S/C24H26N4O4S2/c25-24(26)18-6-5-7-20(16-18)28(23-10-3-4-15-33(23,29)30)19-13-11-17(12-14-19)21-8-1-2-9-22(21)34(27,31)32/h1-2,5-9,11-14,16,23H,3-4,10,15H2,(H3,25,26)(H2,27,31,32). The molecule has 3 aromatic carbocycles. The zero-order chi connectivity index (χ0) is 24.5. The molecule has 4 rings (SSSR count). The van der Waals surface area contributed by atoms with Gasteiger partial charge in [0, 0.05) is 22.5 Å². The largest absolute Gasteiger partial charge is 0.384 e. The highest BCUT2D eigenvalue weighted by Crippen LogP contribution is 2.36. The van der Waals surface area contributed by atoms with Crippen molar-refractivity contribution in [3.8, 4) is 11.1 Å². The lowest BCUT2D eigenvalue weighted by atomic mass is 10.0. The fourth-order valence-electron chi connectivity index (χ4n) is 4.29. The van der Waals surface area contributed by atoms with Crippen molar-refractivity contribution in [3.05, 3.63) is 78.4 Å². The summed E-state index contributed by atoms with van der Waals surface area (Å²) in [5.41, 5.74) is 8.51. The summed E-state index contributed by atoms with van der Waals surface area (Å²) in [5.74, 6) is 0.00339. The molecule has 1 heterocycles. The van der Waals surface area contributed by atoms with Gasteiger partial charge < -0.3 is 10.6 Å². The van der Waals surface area contributed by atoms with Crippen LogP contribution in [-0.4, -0.2) is 33.8 Å². The maximum Gasteiger partial charge on any atom is 0.238 e. The molecule has 8 nitrogen and oxygen atoms in total. The summed E-state index contributed by atoms with van der Waals surface area (Å²) in [7, 11) is -7.31. The molecule has 0 radical (unpaired) electrons. The normalized spacial score (nSPS) is 17.7. The van der Waals surface area contributed by atoms with Crippen LogP contribution in [0.2, 0.25) is 0 Å². The third-order valence-corrected chi connectivity index (χ3v) is 9.02. The Hall–Kier alpha value is -3.21. The van der Waals surface area contributed by atoms with Crippen molar-refractivity contribution < 1.29 is 16.8 Å². The van der Waals surface area contributed by atoms with Gasteiger partial charge in [0.05, 0.1) is 10.6 Å². The summed E-state index contributed by atoms with van der Waals surface area (Å²) >= 11 is 0. The van der Waals surface area contributed by atoms with Crippen molar-refractivity contribution in [2.24, 2.45) is 10.9 Å². The molecule has 3 aromatic rings. The maximum absolute atomic E-state index is 13.0. The lowest BCUT2D eigenvalue weighted by Gasteiger charge is -2.36. The Morgan fingerprint density at radius 2 is 1.65 bits per heavy atom. The van der Waals surface area contributed by atoms with Crippen molar-refractivity contribution in [1.29, 1.82) is 5.41 Å². The zero-order valence-corrected chi connectivity index (χ0v) is 20.0.